The average Bonchev–Trinajstić information content (AvgIpc) is 2.77. The Morgan fingerprint density at radius 1 is 1.13 bits per heavy atom. The molecular weight excluding hydrogens is 210 g/mol. The predicted molar refractivity (Wildman–Crippen MR) is 63.5 cm³/mol. The van der Waals surface area contributed by atoms with Crippen molar-refractivity contribution in [1.82, 2.24) is 5.32 Å². The fraction of sp³-hybridized carbons (Fsp3) is 0.833. The molecule has 3 atom stereocenters. The van der Waals surface area contributed by atoms with Gasteiger partial charge in [0.15, 0.2) is 0 Å². The Kier molecular flexibility index (Phi) is 3.70. The fourth-order valence-electron chi connectivity index (χ4n) is 3.07. The topological polar surface area (TPSA) is 21.3 Å². The smallest absolute Gasteiger partial charge is 0.0759 e. The minimum absolute atomic E-state index is 0. The van der Waals surface area contributed by atoms with Crippen LogP contribution in [0.25, 0.3) is 0 Å². The summed E-state index contributed by atoms with van der Waals surface area (Å²) < 4.78 is 5.65. The lowest BCUT2D eigenvalue weighted by molar-refractivity contribution is 0.144. The van der Waals surface area contributed by atoms with Crippen molar-refractivity contribution in [1.29, 1.82) is 0 Å². The first-order valence-electron chi connectivity index (χ1n) is 5.97. The monoisotopic (exact) mass is 229 g/mol. The van der Waals surface area contributed by atoms with Crippen molar-refractivity contribution >= 4 is 12.4 Å². The Morgan fingerprint density at radius 3 is 2.47 bits per heavy atom. The van der Waals surface area contributed by atoms with Crippen molar-refractivity contribution in [2.75, 3.05) is 6.61 Å². The van der Waals surface area contributed by atoms with Gasteiger partial charge in [0.05, 0.1) is 6.10 Å². The first-order chi connectivity index (χ1) is 6.90. The number of nitrogens with one attached hydrogen (secondary N) is 1. The largest absolute Gasteiger partial charge is 0.374 e. The van der Waals surface area contributed by atoms with E-state index in [-0.39, 0.29) is 12.4 Å². The van der Waals surface area contributed by atoms with Crippen LogP contribution in [0.2, 0.25) is 0 Å². The summed E-state index contributed by atoms with van der Waals surface area (Å²) in [6, 6.07) is 1.56. The summed E-state index contributed by atoms with van der Waals surface area (Å²) in [4.78, 5) is 0. The molecule has 0 saturated carbocycles. The van der Waals surface area contributed by atoms with E-state index >= 15 is 0 Å². The average molecular weight is 230 g/mol. The second kappa shape index (κ2) is 4.86. The molecule has 3 saturated heterocycles. The van der Waals surface area contributed by atoms with Gasteiger partial charge in [-0.15, -0.1) is 12.4 Å². The van der Waals surface area contributed by atoms with Crippen molar-refractivity contribution < 1.29 is 4.74 Å². The highest BCUT2D eigenvalue weighted by molar-refractivity contribution is 5.85. The third-order valence-electron chi connectivity index (χ3n) is 3.74. The minimum Gasteiger partial charge on any atom is -0.374 e. The molecular formula is C12H20ClNO. The lowest BCUT2D eigenvalue weighted by atomic mass is 9.97. The van der Waals surface area contributed by atoms with Crippen LogP contribution in [-0.2, 0) is 4.74 Å². The molecule has 3 fully saturated rings. The SMILES string of the molecule is C(=C1CC2CCC(C1)N2)C1CCCO1.Cl. The molecule has 3 aliphatic rings. The van der Waals surface area contributed by atoms with Crippen molar-refractivity contribution in [2.24, 2.45) is 0 Å². The predicted octanol–water partition coefficient (Wildman–Crippen LogP) is 2.43. The number of piperidine rings is 1. The standard InChI is InChI=1S/C12H19NO.ClH/c1-2-12(14-5-1)8-9-6-10-3-4-11(7-9)13-10;/h8,10-13H,1-7H2;1H. The van der Waals surface area contributed by atoms with Crippen molar-refractivity contribution in [2.45, 2.75) is 56.7 Å². The number of hydrogen-bond acceptors (Lipinski definition) is 2. The van der Waals surface area contributed by atoms with Crippen LogP contribution in [0, 0.1) is 0 Å². The molecule has 0 spiro atoms. The molecule has 2 nitrogen and oxygen atoms in total. The third kappa shape index (κ3) is 2.55. The van der Waals surface area contributed by atoms with Crippen molar-refractivity contribution in [3.05, 3.63) is 11.6 Å². The van der Waals surface area contributed by atoms with Crippen LogP contribution in [0.4, 0.5) is 0 Å². The first kappa shape index (κ1) is 11.4. The van der Waals surface area contributed by atoms with Crippen LogP contribution < -0.4 is 5.32 Å². The van der Waals surface area contributed by atoms with E-state index in [0.717, 1.165) is 18.7 Å². The molecule has 86 valence electrons. The summed E-state index contributed by atoms with van der Waals surface area (Å²) in [5, 5.41) is 3.66. The van der Waals surface area contributed by atoms with Crippen LogP contribution >= 0.6 is 12.4 Å². The van der Waals surface area contributed by atoms with E-state index in [1.807, 2.05) is 0 Å². The van der Waals surface area contributed by atoms with Gasteiger partial charge in [0.2, 0.25) is 0 Å². The summed E-state index contributed by atoms with van der Waals surface area (Å²) in [5.41, 5.74) is 1.66. The van der Waals surface area contributed by atoms with E-state index < -0.39 is 0 Å². The zero-order chi connectivity index (χ0) is 9.38. The summed E-state index contributed by atoms with van der Waals surface area (Å²) in [5.74, 6) is 0. The highest BCUT2D eigenvalue weighted by Crippen LogP contribution is 2.31. The summed E-state index contributed by atoms with van der Waals surface area (Å²) >= 11 is 0. The number of fused-ring (bicyclic) bond motifs is 2. The van der Waals surface area contributed by atoms with Gasteiger partial charge in [-0.3, -0.25) is 0 Å². The zero-order valence-corrected chi connectivity index (χ0v) is 9.89. The zero-order valence-electron chi connectivity index (χ0n) is 9.08. The second-order valence-electron chi connectivity index (χ2n) is 4.92. The van der Waals surface area contributed by atoms with Gasteiger partial charge in [-0.2, -0.15) is 0 Å². The maximum atomic E-state index is 5.65. The van der Waals surface area contributed by atoms with Crippen LogP contribution in [0.1, 0.15) is 38.5 Å². The molecule has 3 unspecified atom stereocenters. The lowest BCUT2D eigenvalue weighted by Crippen LogP contribution is -2.35. The lowest BCUT2D eigenvalue weighted by Gasteiger charge is -2.24. The molecule has 0 aromatic heterocycles. The molecule has 3 heteroatoms. The fourth-order valence-corrected chi connectivity index (χ4v) is 3.07. The van der Waals surface area contributed by atoms with Gasteiger partial charge in [-0.05, 0) is 38.5 Å². The molecule has 0 aromatic carbocycles. The summed E-state index contributed by atoms with van der Waals surface area (Å²) in [6.07, 6.45) is 10.7. The normalized spacial score (nSPS) is 38.9. The summed E-state index contributed by atoms with van der Waals surface area (Å²) in [7, 11) is 0. The Balaban J connectivity index is 0.000000853. The number of ether oxygens (including phenoxy) is 1. The Bertz CT molecular complexity index is 234. The van der Waals surface area contributed by atoms with E-state index in [2.05, 4.69) is 11.4 Å². The molecule has 0 radical (unpaired) electrons. The molecule has 3 aliphatic heterocycles. The van der Waals surface area contributed by atoms with Crippen molar-refractivity contribution in [3.63, 3.8) is 0 Å². The van der Waals surface area contributed by atoms with Crippen LogP contribution in [0.5, 0.6) is 0 Å². The molecule has 3 rings (SSSR count). The van der Waals surface area contributed by atoms with Crippen LogP contribution in [0.15, 0.2) is 11.6 Å². The van der Waals surface area contributed by atoms with Gasteiger partial charge in [0.25, 0.3) is 0 Å². The Labute approximate surface area is 97.9 Å². The van der Waals surface area contributed by atoms with Gasteiger partial charge < -0.3 is 10.1 Å². The van der Waals surface area contributed by atoms with E-state index in [1.54, 1.807) is 5.57 Å². The Morgan fingerprint density at radius 2 is 1.87 bits per heavy atom. The van der Waals surface area contributed by atoms with Gasteiger partial charge >= 0.3 is 0 Å². The third-order valence-corrected chi connectivity index (χ3v) is 3.74. The number of halogens is 1. The highest BCUT2D eigenvalue weighted by atomic mass is 35.5. The molecule has 3 heterocycles. The minimum atomic E-state index is 0. The number of rotatable bonds is 1. The molecule has 15 heavy (non-hydrogen) atoms. The van der Waals surface area contributed by atoms with Gasteiger partial charge in [0, 0.05) is 18.7 Å². The van der Waals surface area contributed by atoms with Crippen LogP contribution in [-0.4, -0.2) is 24.8 Å². The van der Waals surface area contributed by atoms with Crippen molar-refractivity contribution in [3.8, 4) is 0 Å². The number of hydrogen-bond donors (Lipinski definition) is 1. The molecule has 0 aromatic rings. The quantitative estimate of drug-likeness (QED) is 0.698. The highest BCUT2D eigenvalue weighted by Gasteiger charge is 2.30. The van der Waals surface area contributed by atoms with E-state index in [0.29, 0.717) is 6.10 Å². The van der Waals surface area contributed by atoms with E-state index in [9.17, 15) is 0 Å². The van der Waals surface area contributed by atoms with E-state index in [4.69, 9.17) is 4.74 Å². The maximum absolute atomic E-state index is 5.65. The second-order valence-corrected chi connectivity index (χ2v) is 4.92. The molecule has 1 N–H and O–H groups in total. The van der Waals surface area contributed by atoms with Gasteiger partial charge in [-0.1, -0.05) is 11.6 Å². The Hall–Kier alpha value is -0.0500. The first-order valence-corrected chi connectivity index (χ1v) is 5.97. The molecule has 0 aliphatic carbocycles. The molecule has 0 amide bonds. The van der Waals surface area contributed by atoms with Gasteiger partial charge in [0.1, 0.15) is 0 Å². The summed E-state index contributed by atoms with van der Waals surface area (Å²) in [6.45, 7) is 0.972. The molecule has 2 bridgehead atoms. The van der Waals surface area contributed by atoms with E-state index in [1.165, 1.54) is 38.5 Å². The van der Waals surface area contributed by atoms with Gasteiger partial charge in [-0.25, -0.2) is 0 Å². The van der Waals surface area contributed by atoms with Crippen LogP contribution in [0.3, 0.4) is 0 Å². The maximum Gasteiger partial charge on any atom is 0.0759 e.